The second-order valence-electron chi connectivity index (χ2n) is 4.45. The molecule has 0 spiro atoms. The van der Waals surface area contributed by atoms with E-state index in [0.29, 0.717) is 13.2 Å². The van der Waals surface area contributed by atoms with Crippen molar-refractivity contribution in [1.82, 2.24) is 5.32 Å². The van der Waals surface area contributed by atoms with E-state index in [1.165, 1.54) is 0 Å². The lowest BCUT2D eigenvalue weighted by Gasteiger charge is -2.15. The molecule has 4 heteroatoms. The maximum absolute atomic E-state index is 10.0. The standard InChI is InChI=1S/C14H23NO3/c1-11(2)18-13-6-4-5-12(9-13)14(16)10-15-7-8-17-3/h4-6,9,11,14-16H,7-8,10H2,1-3H3. The van der Waals surface area contributed by atoms with Crippen molar-refractivity contribution < 1.29 is 14.6 Å². The number of benzene rings is 1. The smallest absolute Gasteiger partial charge is 0.120 e. The Kier molecular flexibility index (Phi) is 6.72. The van der Waals surface area contributed by atoms with E-state index in [0.717, 1.165) is 17.9 Å². The van der Waals surface area contributed by atoms with Gasteiger partial charge in [-0.25, -0.2) is 0 Å². The average Bonchev–Trinajstić information content (AvgIpc) is 2.34. The summed E-state index contributed by atoms with van der Waals surface area (Å²) in [5, 5.41) is 13.1. The monoisotopic (exact) mass is 253 g/mol. The lowest BCUT2D eigenvalue weighted by molar-refractivity contribution is 0.161. The molecule has 1 atom stereocenters. The Hall–Kier alpha value is -1.10. The van der Waals surface area contributed by atoms with Crippen molar-refractivity contribution in [3.05, 3.63) is 29.8 Å². The van der Waals surface area contributed by atoms with Gasteiger partial charge in [-0.3, -0.25) is 0 Å². The molecule has 0 heterocycles. The highest BCUT2D eigenvalue weighted by Gasteiger charge is 2.08. The van der Waals surface area contributed by atoms with Crippen LogP contribution in [0, 0.1) is 0 Å². The van der Waals surface area contributed by atoms with E-state index in [-0.39, 0.29) is 6.10 Å². The number of hydrogen-bond acceptors (Lipinski definition) is 4. The molecule has 0 saturated heterocycles. The Bertz CT molecular complexity index is 342. The summed E-state index contributed by atoms with van der Waals surface area (Å²) >= 11 is 0. The van der Waals surface area contributed by atoms with Gasteiger partial charge in [-0.2, -0.15) is 0 Å². The molecule has 18 heavy (non-hydrogen) atoms. The van der Waals surface area contributed by atoms with Gasteiger partial charge >= 0.3 is 0 Å². The number of hydrogen-bond donors (Lipinski definition) is 2. The van der Waals surface area contributed by atoms with Crippen LogP contribution in [-0.4, -0.2) is 38.0 Å². The van der Waals surface area contributed by atoms with Gasteiger partial charge in [0, 0.05) is 20.2 Å². The van der Waals surface area contributed by atoms with E-state index in [9.17, 15) is 5.11 Å². The minimum atomic E-state index is -0.530. The fourth-order valence-electron chi connectivity index (χ4n) is 1.60. The minimum absolute atomic E-state index is 0.136. The Morgan fingerprint density at radius 2 is 2.11 bits per heavy atom. The number of aliphatic hydroxyl groups excluding tert-OH is 1. The van der Waals surface area contributed by atoms with Gasteiger partial charge in [0.05, 0.1) is 18.8 Å². The topological polar surface area (TPSA) is 50.7 Å². The molecule has 0 aliphatic heterocycles. The molecule has 1 aromatic carbocycles. The summed E-state index contributed by atoms with van der Waals surface area (Å²) in [6.07, 6.45) is -0.394. The van der Waals surface area contributed by atoms with Crippen LogP contribution >= 0.6 is 0 Å². The summed E-state index contributed by atoms with van der Waals surface area (Å²) in [6, 6.07) is 7.57. The molecule has 102 valence electrons. The van der Waals surface area contributed by atoms with Gasteiger partial charge < -0.3 is 19.9 Å². The van der Waals surface area contributed by atoms with E-state index in [2.05, 4.69) is 5.32 Å². The van der Waals surface area contributed by atoms with E-state index >= 15 is 0 Å². The number of ether oxygens (including phenoxy) is 2. The highest BCUT2D eigenvalue weighted by Crippen LogP contribution is 2.19. The fraction of sp³-hybridized carbons (Fsp3) is 0.571. The van der Waals surface area contributed by atoms with Gasteiger partial charge in [0.2, 0.25) is 0 Å². The molecule has 0 amide bonds. The van der Waals surface area contributed by atoms with Crippen LogP contribution in [-0.2, 0) is 4.74 Å². The van der Waals surface area contributed by atoms with E-state index < -0.39 is 6.10 Å². The lowest BCUT2D eigenvalue weighted by Crippen LogP contribution is -2.25. The van der Waals surface area contributed by atoms with Crippen LogP contribution in [0.2, 0.25) is 0 Å². The third kappa shape index (κ3) is 5.49. The zero-order valence-corrected chi connectivity index (χ0v) is 11.3. The van der Waals surface area contributed by atoms with Crippen LogP contribution in [0.5, 0.6) is 5.75 Å². The molecule has 1 aromatic rings. The molecule has 1 rings (SSSR count). The number of aliphatic hydroxyl groups is 1. The molecule has 0 radical (unpaired) electrons. The Morgan fingerprint density at radius 1 is 1.33 bits per heavy atom. The third-order valence-corrected chi connectivity index (χ3v) is 2.44. The molecule has 0 bridgehead atoms. The normalized spacial score (nSPS) is 12.7. The predicted molar refractivity (Wildman–Crippen MR) is 71.9 cm³/mol. The summed E-state index contributed by atoms with van der Waals surface area (Å²) in [5.74, 6) is 0.790. The van der Waals surface area contributed by atoms with Crippen molar-refractivity contribution in [2.45, 2.75) is 26.1 Å². The Labute approximate surface area is 109 Å². The van der Waals surface area contributed by atoms with Crippen LogP contribution in [0.4, 0.5) is 0 Å². The molecular weight excluding hydrogens is 230 g/mol. The molecule has 1 unspecified atom stereocenters. The summed E-state index contributed by atoms with van der Waals surface area (Å²) in [4.78, 5) is 0. The largest absolute Gasteiger partial charge is 0.491 e. The highest BCUT2D eigenvalue weighted by atomic mass is 16.5. The zero-order chi connectivity index (χ0) is 13.4. The zero-order valence-electron chi connectivity index (χ0n) is 11.3. The van der Waals surface area contributed by atoms with Crippen LogP contribution < -0.4 is 10.1 Å². The summed E-state index contributed by atoms with van der Waals surface area (Å²) in [5.41, 5.74) is 0.859. The Morgan fingerprint density at radius 3 is 2.78 bits per heavy atom. The molecule has 0 aliphatic carbocycles. The van der Waals surface area contributed by atoms with Crippen molar-refractivity contribution in [1.29, 1.82) is 0 Å². The summed E-state index contributed by atoms with van der Waals surface area (Å²) in [7, 11) is 1.66. The van der Waals surface area contributed by atoms with Gasteiger partial charge in [-0.05, 0) is 31.5 Å². The molecule has 0 fully saturated rings. The quantitative estimate of drug-likeness (QED) is 0.693. The van der Waals surface area contributed by atoms with Gasteiger partial charge in [0.25, 0.3) is 0 Å². The van der Waals surface area contributed by atoms with Crippen LogP contribution in [0.3, 0.4) is 0 Å². The van der Waals surface area contributed by atoms with Gasteiger partial charge in [0.15, 0.2) is 0 Å². The molecular formula is C14H23NO3. The number of nitrogens with one attached hydrogen (secondary N) is 1. The van der Waals surface area contributed by atoms with E-state index in [1.54, 1.807) is 7.11 Å². The number of rotatable bonds is 8. The van der Waals surface area contributed by atoms with Gasteiger partial charge in [0.1, 0.15) is 5.75 Å². The lowest BCUT2D eigenvalue weighted by atomic mass is 10.1. The molecule has 0 aliphatic rings. The third-order valence-electron chi connectivity index (χ3n) is 2.44. The fourth-order valence-corrected chi connectivity index (χ4v) is 1.60. The second-order valence-corrected chi connectivity index (χ2v) is 4.45. The van der Waals surface area contributed by atoms with Crippen molar-refractivity contribution in [3.63, 3.8) is 0 Å². The maximum atomic E-state index is 10.0. The molecule has 4 nitrogen and oxygen atoms in total. The molecule has 2 N–H and O–H groups in total. The number of methoxy groups -OCH3 is 1. The minimum Gasteiger partial charge on any atom is -0.491 e. The highest BCUT2D eigenvalue weighted by molar-refractivity contribution is 5.30. The average molecular weight is 253 g/mol. The Balaban J connectivity index is 2.48. The first-order valence-electron chi connectivity index (χ1n) is 6.28. The van der Waals surface area contributed by atoms with E-state index in [4.69, 9.17) is 9.47 Å². The first kappa shape index (κ1) is 15.0. The van der Waals surface area contributed by atoms with Crippen molar-refractivity contribution >= 4 is 0 Å². The van der Waals surface area contributed by atoms with Crippen LogP contribution in [0.25, 0.3) is 0 Å². The van der Waals surface area contributed by atoms with Crippen molar-refractivity contribution in [3.8, 4) is 5.75 Å². The first-order valence-corrected chi connectivity index (χ1v) is 6.28. The second kappa shape index (κ2) is 8.08. The van der Waals surface area contributed by atoms with Gasteiger partial charge in [-0.15, -0.1) is 0 Å². The molecule has 0 saturated carbocycles. The van der Waals surface area contributed by atoms with Gasteiger partial charge in [-0.1, -0.05) is 12.1 Å². The SMILES string of the molecule is COCCNCC(O)c1cccc(OC(C)C)c1. The van der Waals surface area contributed by atoms with E-state index in [1.807, 2.05) is 38.1 Å². The molecule has 0 aromatic heterocycles. The van der Waals surface area contributed by atoms with Crippen LogP contribution in [0.1, 0.15) is 25.5 Å². The van der Waals surface area contributed by atoms with Crippen molar-refractivity contribution in [2.24, 2.45) is 0 Å². The maximum Gasteiger partial charge on any atom is 0.120 e. The first-order chi connectivity index (χ1) is 8.63. The summed E-state index contributed by atoms with van der Waals surface area (Å²) in [6.45, 7) is 5.85. The summed E-state index contributed by atoms with van der Waals surface area (Å²) < 4.78 is 10.5. The van der Waals surface area contributed by atoms with Crippen LogP contribution in [0.15, 0.2) is 24.3 Å². The van der Waals surface area contributed by atoms with Crippen molar-refractivity contribution in [2.75, 3.05) is 26.8 Å². The predicted octanol–water partition coefficient (Wildman–Crippen LogP) is 1.74.